The van der Waals surface area contributed by atoms with Gasteiger partial charge < -0.3 is 25.8 Å². The summed E-state index contributed by atoms with van der Waals surface area (Å²) in [5.74, 6) is 0.178. The SMILES string of the molecule is CCCCCCCCCOC(=O)CCCCCCCN(CCCCCCCCOC(CCCCCCCC)CCCCCCCC)CCCN=C(N)N. The number of hydrogen-bond acceptors (Lipinski definition) is 5. The molecule has 0 atom stereocenters. The van der Waals surface area contributed by atoms with Crippen molar-refractivity contribution >= 4 is 11.9 Å². The van der Waals surface area contributed by atoms with E-state index in [0.29, 0.717) is 25.7 Å². The zero-order chi connectivity index (χ0) is 38.7. The Hall–Kier alpha value is -1.34. The van der Waals surface area contributed by atoms with Crippen LogP contribution >= 0.6 is 0 Å². The molecule has 0 aliphatic rings. The van der Waals surface area contributed by atoms with E-state index in [1.165, 1.54) is 186 Å². The van der Waals surface area contributed by atoms with Crippen molar-refractivity contribution in [1.82, 2.24) is 4.90 Å². The van der Waals surface area contributed by atoms with Gasteiger partial charge in [-0.2, -0.15) is 0 Å². The van der Waals surface area contributed by atoms with Gasteiger partial charge >= 0.3 is 5.97 Å². The standard InChI is InChI=1S/C46H94N4O3/c1-4-7-10-13-17-26-33-43-53-45(51)37-29-22-19-24-31-40-50(41-34-38-49-46(47)48)39-30-23-16-18-25-32-42-52-44(35-27-20-14-11-8-5-2)36-28-21-15-12-9-6-3/h44H,4-43H2,1-3H3,(H4,47,48,49). The molecule has 0 aromatic heterocycles. The summed E-state index contributed by atoms with van der Waals surface area (Å²) in [7, 11) is 0. The highest BCUT2D eigenvalue weighted by Crippen LogP contribution is 2.18. The highest BCUT2D eigenvalue weighted by atomic mass is 16.5. The molecule has 7 heteroatoms. The van der Waals surface area contributed by atoms with Crippen LogP contribution in [0.4, 0.5) is 0 Å². The molecule has 0 saturated heterocycles. The third-order valence-corrected chi connectivity index (χ3v) is 10.8. The van der Waals surface area contributed by atoms with Gasteiger partial charge in [0.05, 0.1) is 12.7 Å². The molecule has 0 aromatic carbocycles. The molecule has 0 radical (unpaired) electrons. The normalized spacial score (nSPS) is 11.6. The molecule has 0 heterocycles. The number of unbranched alkanes of at least 4 members (excludes halogenated alkanes) is 25. The molecule has 53 heavy (non-hydrogen) atoms. The highest BCUT2D eigenvalue weighted by Gasteiger charge is 2.10. The Kier molecular flexibility index (Phi) is 42.3. The Morgan fingerprint density at radius 3 is 1.38 bits per heavy atom. The topological polar surface area (TPSA) is 103 Å². The summed E-state index contributed by atoms with van der Waals surface area (Å²) in [5, 5.41) is 0. The largest absolute Gasteiger partial charge is 0.466 e. The second-order valence-electron chi connectivity index (χ2n) is 16.1. The van der Waals surface area contributed by atoms with Gasteiger partial charge in [0.1, 0.15) is 0 Å². The van der Waals surface area contributed by atoms with Gasteiger partial charge in [-0.1, -0.05) is 181 Å². The van der Waals surface area contributed by atoms with Crippen molar-refractivity contribution in [3.05, 3.63) is 0 Å². The Bertz CT molecular complexity index is 745. The first-order valence-corrected chi connectivity index (χ1v) is 23.6. The summed E-state index contributed by atoms with van der Waals surface area (Å²) in [6, 6.07) is 0. The second-order valence-corrected chi connectivity index (χ2v) is 16.1. The van der Waals surface area contributed by atoms with E-state index < -0.39 is 0 Å². The lowest BCUT2D eigenvalue weighted by molar-refractivity contribution is -0.143. The zero-order valence-corrected chi connectivity index (χ0v) is 36.1. The lowest BCUT2D eigenvalue weighted by atomic mass is 10.0. The van der Waals surface area contributed by atoms with Crippen LogP contribution in [0.2, 0.25) is 0 Å². The van der Waals surface area contributed by atoms with Crippen LogP contribution in [0.1, 0.15) is 239 Å². The van der Waals surface area contributed by atoms with E-state index in [4.69, 9.17) is 20.9 Å². The Labute approximate surface area is 331 Å². The second kappa shape index (κ2) is 43.4. The number of nitrogens with two attached hydrogens (primary N) is 2. The molecule has 316 valence electrons. The van der Waals surface area contributed by atoms with Crippen LogP contribution in [-0.2, 0) is 14.3 Å². The average molecular weight is 751 g/mol. The molecule has 0 amide bonds. The minimum absolute atomic E-state index is 0.0116. The zero-order valence-electron chi connectivity index (χ0n) is 36.1. The van der Waals surface area contributed by atoms with Gasteiger partial charge in [0, 0.05) is 19.6 Å². The van der Waals surface area contributed by atoms with Crippen LogP contribution < -0.4 is 11.5 Å². The number of aliphatic imine (C=N–C) groups is 1. The van der Waals surface area contributed by atoms with Gasteiger partial charge in [-0.05, 0) is 71.0 Å². The van der Waals surface area contributed by atoms with Crippen molar-refractivity contribution in [2.24, 2.45) is 16.5 Å². The van der Waals surface area contributed by atoms with E-state index in [1.54, 1.807) is 0 Å². The van der Waals surface area contributed by atoms with E-state index >= 15 is 0 Å². The summed E-state index contributed by atoms with van der Waals surface area (Å²) < 4.78 is 11.9. The molecule has 0 spiro atoms. The average Bonchev–Trinajstić information content (AvgIpc) is 3.15. The maximum atomic E-state index is 12.1. The molecule has 0 aliphatic heterocycles. The molecule has 0 rings (SSSR count). The summed E-state index contributed by atoms with van der Waals surface area (Å²) in [6.07, 6.45) is 43.2. The number of rotatable bonds is 44. The van der Waals surface area contributed by atoms with Gasteiger partial charge in [0.15, 0.2) is 5.96 Å². The quantitative estimate of drug-likeness (QED) is 0.0278. The Balaban J connectivity index is 4.13. The molecule has 0 aliphatic carbocycles. The van der Waals surface area contributed by atoms with Crippen molar-refractivity contribution < 1.29 is 14.3 Å². The number of guanidine groups is 1. The molecule has 0 bridgehead atoms. The van der Waals surface area contributed by atoms with E-state index in [9.17, 15) is 4.79 Å². The van der Waals surface area contributed by atoms with Crippen molar-refractivity contribution in [2.45, 2.75) is 245 Å². The molecule has 0 fully saturated rings. The Morgan fingerprint density at radius 1 is 0.491 bits per heavy atom. The summed E-state index contributed by atoms with van der Waals surface area (Å²) >= 11 is 0. The lowest BCUT2D eigenvalue weighted by Crippen LogP contribution is -2.28. The highest BCUT2D eigenvalue weighted by molar-refractivity contribution is 5.75. The molecule has 0 saturated carbocycles. The number of esters is 1. The molecule has 0 unspecified atom stereocenters. The first-order chi connectivity index (χ1) is 26.0. The fourth-order valence-electron chi connectivity index (χ4n) is 7.30. The first kappa shape index (κ1) is 51.7. The van der Waals surface area contributed by atoms with Gasteiger partial charge in [-0.25, -0.2) is 0 Å². The molecule has 4 N–H and O–H groups in total. The Morgan fingerprint density at radius 2 is 0.887 bits per heavy atom. The smallest absolute Gasteiger partial charge is 0.305 e. The van der Waals surface area contributed by atoms with Crippen LogP contribution in [0.25, 0.3) is 0 Å². The number of carbonyl (C=O) groups is 1. The number of carbonyl (C=O) groups excluding carboxylic acids is 1. The molecular formula is C46H94N4O3. The summed E-state index contributed by atoms with van der Waals surface area (Å²) in [6.45, 7) is 12.4. The fourth-order valence-corrected chi connectivity index (χ4v) is 7.30. The van der Waals surface area contributed by atoms with Gasteiger partial charge in [-0.15, -0.1) is 0 Å². The number of nitrogens with zero attached hydrogens (tertiary/aromatic N) is 2. The minimum Gasteiger partial charge on any atom is -0.466 e. The van der Waals surface area contributed by atoms with Crippen LogP contribution in [0.5, 0.6) is 0 Å². The monoisotopic (exact) mass is 751 g/mol. The molecular weight excluding hydrogens is 657 g/mol. The summed E-state index contributed by atoms with van der Waals surface area (Å²) in [4.78, 5) is 18.9. The molecule has 0 aromatic rings. The van der Waals surface area contributed by atoms with Gasteiger partial charge in [0.2, 0.25) is 0 Å². The first-order valence-electron chi connectivity index (χ1n) is 23.6. The maximum absolute atomic E-state index is 12.1. The maximum Gasteiger partial charge on any atom is 0.305 e. The van der Waals surface area contributed by atoms with E-state index in [1.807, 2.05) is 0 Å². The van der Waals surface area contributed by atoms with Crippen LogP contribution in [0.3, 0.4) is 0 Å². The van der Waals surface area contributed by atoms with Crippen molar-refractivity contribution in [3.8, 4) is 0 Å². The van der Waals surface area contributed by atoms with Crippen molar-refractivity contribution in [2.75, 3.05) is 39.4 Å². The van der Waals surface area contributed by atoms with E-state index in [2.05, 4.69) is 30.7 Å². The van der Waals surface area contributed by atoms with Crippen LogP contribution in [0, 0.1) is 0 Å². The van der Waals surface area contributed by atoms with Gasteiger partial charge in [0.25, 0.3) is 0 Å². The van der Waals surface area contributed by atoms with Gasteiger partial charge in [-0.3, -0.25) is 9.79 Å². The van der Waals surface area contributed by atoms with E-state index in [-0.39, 0.29) is 11.9 Å². The minimum atomic E-state index is -0.0116. The fraction of sp³-hybridized carbons (Fsp3) is 0.957. The van der Waals surface area contributed by atoms with Crippen molar-refractivity contribution in [3.63, 3.8) is 0 Å². The van der Waals surface area contributed by atoms with E-state index in [0.717, 1.165) is 51.9 Å². The lowest BCUT2D eigenvalue weighted by Gasteiger charge is -2.22. The summed E-state index contributed by atoms with van der Waals surface area (Å²) in [5.41, 5.74) is 11.1. The van der Waals surface area contributed by atoms with Crippen LogP contribution in [-0.4, -0.2) is 62.3 Å². The number of ether oxygens (including phenoxy) is 2. The van der Waals surface area contributed by atoms with Crippen LogP contribution in [0.15, 0.2) is 4.99 Å². The third-order valence-electron chi connectivity index (χ3n) is 10.8. The predicted octanol–water partition coefficient (Wildman–Crippen LogP) is 12.8. The third kappa shape index (κ3) is 41.7. The predicted molar refractivity (Wildman–Crippen MR) is 232 cm³/mol. The number of hydrogen-bond donors (Lipinski definition) is 2. The molecule has 7 nitrogen and oxygen atoms in total. The van der Waals surface area contributed by atoms with Crippen molar-refractivity contribution in [1.29, 1.82) is 0 Å².